The highest BCUT2D eigenvalue weighted by atomic mass is 32.1. The highest BCUT2D eigenvalue weighted by Gasteiger charge is 2.14. The quantitative estimate of drug-likeness (QED) is 0.489. The highest BCUT2D eigenvalue weighted by Crippen LogP contribution is 2.10. The van der Waals surface area contributed by atoms with E-state index < -0.39 is 17.9 Å². The summed E-state index contributed by atoms with van der Waals surface area (Å²) >= 11 is 1.12. The number of carbonyl (C=O) groups excluding carboxylic acids is 2. The van der Waals surface area contributed by atoms with Gasteiger partial charge in [-0.1, -0.05) is 0 Å². The van der Waals surface area contributed by atoms with Crippen molar-refractivity contribution >= 4 is 28.3 Å². The third-order valence-corrected chi connectivity index (χ3v) is 2.21. The van der Waals surface area contributed by atoms with Crippen molar-refractivity contribution in [3.05, 3.63) is 11.1 Å². The summed E-state index contributed by atoms with van der Waals surface area (Å²) in [7, 11) is 0. The monoisotopic (exact) mass is 230 g/mol. The number of hydrogen-bond acceptors (Lipinski definition) is 6. The average Bonchev–Trinajstić information content (AvgIpc) is 2.60. The second kappa shape index (κ2) is 4.71. The molecule has 1 heterocycles. The SMILES string of the molecule is NC(=O)C(O)CNC(=O)c1csc(N)n1. The van der Waals surface area contributed by atoms with Crippen LogP contribution in [0, 0.1) is 0 Å². The molecule has 1 aromatic rings. The first kappa shape index (κ1) is 11.4. The first-order valence-corrected chi connectivity index (χ1v) is 4.85. The maximum Gasteiger partial charge on any atom is 0.270 e. The van der Waals surface area contributed by atoms with Gasteiger partial charge in [0.05, 0.1) is 6.54 Å². The van der Waals surface area contributed by atoms with Crippen molar-refractivity contribution in [1.82, 2.24) is 10.3 Å². The van der Waals surface area contributed by atoms with Crippen molar-refractivity contribution in [1.29, 1.82) is 0 Å². The van der Waals surface area contributed by atoms with Gasteiger partial charge in [0.2, 0.25) is 5.91 Å². The molecule has 0 aliphatic carbocycles. The maximum absolute atomic E-state index is 11.3. The summed E-state index contributed by atoms with van der Waals surface area (Å²) in [5.74, 6) is -1.41. The lowest BCUT2D eigenvalue weighted by atomic mass is 10.3. The van der Waals surface area contributed by atoms with Gasteiger partial charge in [-0.05, 0) is 0 Å². The number of nitrogens with zero attached hydrogens (tertiary/aromatic N) is 1. The fourth-order valence-corrected chi connectivity index (χ4v) is 1.32. The van der Waals surface area contributed by atoms with Crippen molar-refractivity contribution in [3.8, 4) is 0 Å². The molecule has 0 aromatic carbocycles. The Morgan fingerprint density at radius 2 is 2.33 bits per heavy atom. The minimum atomic E-state index is -1.40. The molecule has 1 rings (SSSR count). The molecule has 0 aliphatic rings. The molecule has 1 atom stereocenters. The van der Waals surface area contributed by atoms with E-state index in [1.54, 1.807) is 0 Å². The molecule has 7 nitrogen and oxygen atoms in total. The Kier molecular flexibility index (Phi) is 3.58. The van der Waals surface area contributed by atoms with E-state index in [4.69, 9.17) is 16.6 Å². The second-order valence-electron chi connectivity index (χ2n) is 2.70. The molecule has 8 heteroatoms. The molecule has 6 N–H and O–H groups in total. The number of hydrogen-bond donors (Lipinski definition) is 4. The summed E-state index contributed by atoms with van der Waals surface area (Å²) in [6, 6.07) is 0. The lowest BCUT2D eigenvalue weighted by Crippen LogP contribution is -2.40. The normalized spacial score (nSPS) is 12.1. The van der Waals surface area contributed by atoms with Crippen molar-refractivity contribution in [2.45, 2.75) is 6.10 Å². The number of nitrogens with two attached hydrogens (primary N) is 2. The Morgan fingerprint density at radius 1 is 1.67 bits per heavy atom. The summed E-state index contributed by atoms with van der Waals surface area (Å²) in [5.41, 5.74) is 10.3. The Morgan fingerprint density at radius 3 is 2.80 bits per heavy atom. The molecule has 0 spiro atoms. The van der Waals surface area contributed by atoms with E-state index in [-0.39, 0.29) is 17.4 Å². The van der Waals surface area contributed by atoms with Gasteiger partial charge in [-0.3, -0.25) is 9.59 Å². The van der Waals surface area contributed by atoms with Crippen LogP contribution < -0.4 is 16.8 Å². The van der Waals surface area contributed by atoms with Crippen molar-refractivity contribution in [2.24, 2.45) is 5.73 Å². The molecule has 0 bridgehead atoms. The van der Waals surface area contributed by atoms with Crippen molar-refractivity contribution in [2.75, 3.05) is 12.3 Å². The molecule has 1 aromatic heterocycles. The third kappa shape index (κ3) is 3.18. The maximum atomic E-state index is 11.3. The van der Waals surface area contributed by atoms with Crippen LogP contribution in [0.25, 0.3) is 0 Å². The largest absolute Gasteiger partial charge is 0.381 e. The van der Waals surface area contributed by atoms with Crippen molar-refractivity contribution < 1.29 is 14.7 Å². The van der Waals surface area contributed by atoms with Gasteiger partial charge >= 0.3 is 0 Å². The molecule has 0 saturated heterocycles. The number of nitrogen functional groups attached to an aromatic ring is 1. The van der Waals surface area contributed by atoms with E-state index in [0.717, 1.165) is 11.3 Å². The van der Waals surface area contributed by atoms with E-state index in [1.165, 1.54) is 5.38 Å². The van der Waals surface area contributed by atoms with Crippen LogP contribution in [0.5, 0.6) is 0 Å². The summed E-state index contributed by atoms with van der Waals surface area (Å²) in [4.78, 5) is 25.5. The minimum Gasteiger partial charge on any atom is -0.381 e. The zero-order valence-electron chi connectivity index (χ0n) is 7.64. The van der Waals surface area contributed by atoms with Gasteiger partial charge in [-0.25, -0.2) is 4.98 Å². The number of aromatic nitrogens is 1. The van der Waals surface area contributed by atoms with E-state index >= 15 is 0 Å². The first-order chi connectivity index (χ1) is 7.00. The van der Waals surface area contributed by atoms with Gasteiger partial charge in [0, 0.05) is 5.38 Å². The number of nitrogens with one attached hydrogen (secondary N) is 1. The van der Waals surface area contributed by atoms with Crippen LogP contribution in [-0.2, 0) is 4.79 Å². The zero-order chi connectivity index (χ0) is 11.4. The fourth-order valence-electron chi connectivity index (χ4n) is 0.772. The predicted octanol–water partition coefficient (Wildman–Crippen LogP) is -1.70. The van der Waals surface area contributed by atoms with Crippen LogP contribution in [0.1, 0.15) is 10.5 Å². The molecule has 0 radical (unpaired) electrons. The van der Waals surface area contributed by atoms with Crippen LogP contribution in [0.15, 0.2) is 5.38 Å². The van der Waals surface area contributed by atoms with Crippen LogP contribution in [0.4, 0.5) is 5.13 Å². The number of aliphatic hydroxyl groups excluding tert-OH is 1. The Bertz CT molecular complexity index is 378. The molecule has 0 aliphatic heterocycles. The van der Waals surface area contributed by atoms with Crippen LogP contribution in [0.2, 0.25) is 0 Å². The van der Waals surface area contributed by atoms with E-state index in [0.29, 0.717) is 0 Å². The summed E-state index contributed by atoms with van der Waals surface area (Å²) in [5, 5.41) is 13.0. The van der Waals surface area contributed by atoms with E-state index in [2.05, 4.69) is 10.3 Å². The van der Waals surface area contributed by atoms with E-state index in [9.17, 15) is 9.59 Å². The lowest BCUT2D eigenvalue weighted by Gasteiger charge is -2.06. The summed E-state index contributed by atoms with van der Waals surface area (Å²) in [6.07, 6.45) is -1.40. The third-order valence-electron chi connectivity index (χ3n) is 1.54. The number of amides is 2. The highest BCUT2D eigenvalue weighted by molar-refractivity contribution is 7.13. The van der Waals surface area contributed by atoms with Crippen LogP contribution in [0.3, 0.4) is 0 Å². The fraction of sp³-hybridized carbons (Fsp3) is 0.286. The van der Waals surface area contributed by atoms with Gasteiger partial charge < -0.3 is 21.9 Å². The minimum absolute atomic E-state index is 0.147. The number of thiazole rings is 1. The molecule has 1 unspecified atom stereocenters. The summed E-state index contributed by atoms with van der Waals surface area (Å²) < 4.78 is 0. The van der Waals surface area contributed by atoms with Crippen molar-refractivity contribution in [3.63, 3.8) is 0 Å². The lowest BCUT2D eigenvalue weighted by molar-refractivity contribution is -0.125. The number of carbonyl (C=O) groups is 2. The smallest absolute Gasteiger partial charge is 0.270 e. The van der Waals surface area contributed by atoms with Gasteiger partial charge in [0.25, 0.3) is 5.91 Å². The standard InChI is InChI=1S/C7H10N4O3S/c8-5(13)4(12)1-10-6(14)3-2-15-7(9)11-3/h2,4,12H,1H2,(H2,8,13)(H2,9,11)(H,10,14). The Hall–Kier alpha value is -1.67. The van der Waals surface area contributed by atoms with Gasteiger partial charge in [-0.2, -0.15) is 0 Å². The second-order valence-corrected chi connectivity index (χ2v) is 3.59. The molecular formula is C7H10N4O3S. The number of rotatable bonds is 4. The number of anilines is 1. The molecule has 15 heavy (non-hydrogen) atoms. The predicted molar refractivity (Wildman–Crippen MR) is 54.1 cm³/mol. The number of primary amides is 1. The molecule has 0 saturated carbocycles. The molecule has 82 valence electrons. The Balaban J connectivity index is 2.47. The Labute approximate surface area is 89.1 Å². The molecular weight excluding hydrogens is 220 g/mol. The molecule has 0 fully saturated rings. The van der Waals surface area contributed by atoms with E-state index in [1.807, 2.05) is 0 Å². The first-order valence-electron chi connectivity index (χ1n) is 3.97. The van der Waals surface area contributed by atoms with Gasteiger partial charge in [-0.15, -0.1) is 11.3 Å². The summed E-state index contributed by atoms with van der Waals surface area (Å²) in [6.45, 7) is -0.244. The van der Waals surface area contributed by atoms with Gasteiger partial charge in [0.15, 0.2) is 5.13 Å². The van der Waals surface area contributed by atoms with Crippen LogP contribution >= 0.6 is 11.3 Å². The zero-order valence-corrected chi connectivity index (χ0v) is 8.45. The number of aliphatic hydroxyl groups is 1. The van der Waals surface area contributed by atoms with Gasteiger partial charge in [0.1, 0.15) is 11.8 Å². The molecule has 2 amide bonds. The topological polar surface area (TPSA) is 131 Å². The average molecular weight is 230 g/mol. The van der Waals surface area contributed by atoms with Crippen LogP contribution in [-0.4, -0.2) is 34.6 Å².